The van der Waals surface area contributed by atoms with Gasteiger partial charge < -0.3 is 15.4 Å². The minimum Gasteiger partial charge on any atom is -0.494 e. The number of methoxy groups -OCH3 is 1. The van der Waals surface area contributed by atoms with E-state index in [1.165, 1.54) is 13.2 Å². The molecule has 124 valence electrons. The lowest BCUT2D eigenvalue weighted by atomic mass is 9.94. The van der Waals surface area contributed by atoms with Crippen LogP contribution in [-0.2, 0) is 4.79 Å². The Bertz CT molecular complexity index is 493. The number of amides is 1. The second-order valence-electron chi connectivity index (χ2n) is 5.58. The zero-order valence-corrected chi connectivity index (χ0v) is 13.8. The van der Waals surface area contributed by atoms with E-state index >= 15 is 0 Å². The fourth-order valence-electron chi connectivity index (χ4n) is 2.68. The molecule has 4 nitrogen and oxygen atoms in total. The first-order chi connectivity index (χ1) is 10.1. The summed E-state index contributed by atoms with van der Waals surface area (Å²) in [5.74, 6) is 0.290. The number of carbonyl (C=O) groups is 1. The van der Waals surface area contributed by atoms with Gasteiger partial charge in [-0.15, -0.1) is 12.4 Å². The molecule has 1 aromatic rings. The minimum absolute atomic E-state index is 0. The number of piperidine rings is 1. The summed E-state index contributed by atoms with van der Waals surface area (Å²) in [4.78, 5) is 12.1. The lowest BCUT2D eigenvalue weighted by Crippen LogP contribution is -2.33. The Labute approximate surface area is 137 Å². The van der Waals surface area contributed by atoms with E-state index in [4.69, 9.17) is 4.74 Å². The predicted octanol–water partition coefficient (Wildman–Crippen LogP) is 2.82. The molecule has 1 unspecified atom stereocenters. The molecule has 0 bridgehead atoms. The van der Waals surface area contributed by atoms with Crippen molar-refractivity contribution >= 4 is 18.3 Å². The Hall–Kier alpha value is -1.33. The van der Waals surface area contributed by atoms with Crippen LogP contribution in [0.3, 0.4) is 0 Å². The second kappa shape index (κ2) is 8.96. The molecular weight excluding hydrogens is 307 g/mol. The average molecular weight is 331 g/mol. The van der Waals surface area contributed by atoms with Crippen LogP contribution in [0.2, 0.25) is 0 Å². The normalized spacial score (nSPS) is 16.5. The molecule has 0 spiro atoms. The second-order valence-corrected chi connectivity index (χ2v) is 5.58. The molecule has 0 aliphatic carbocycles. The van der Waals surface area contributed by atoms with Crippen LogP contribution in [0.4, 0.5) is 4.39 Å². The van der Waals surface area contributed by atoms with Crippen molar-refractivity contribution in [3.63, 3.8) is 0 Å². The van der Waals surface area contributed by atoms with E-state index in [1.807, 2.05) is 6.92 Å². The zero-order valence-electron chi connectivity index (χ0n) is 13.0. The quantitative estimate of drug-likeness (QED) is 0.873. The third kappa shape index (κ3) is 5.14. The third-order valence-corrected chi connectivity index (χ3v) is 3.99. The van der Waals surface area contributed by atoms with Crippen molar-refractivity contribution in [2.75, 3.05) is 20.2 Å². The molecule has 0 saturated carbocycles. The van der Waals surface area contributed by atoms with Gasteiger partial charge >= 0.3 is 0 Å². The number of ether oxygens (including phenoxy) is 1. The van der Waals surface area contributed by atoms with Gasteiger partial charge in [0.15, 0.2) is 11.6 Å². The molecule has 1 saturated heterocycles. The Kier molecular flexibility index (Phi) is 7.62. The van der Waals surface area contributed by atoms with Crippen molar-refractivity contribution in [3.8, 4) is 5.75 Å². The average Bonchev–Trinajstić information content (AvgIpc) is 2.48. The molecule has 1 aliphatic heterocycles. The Balaban J connectivity index is 0.00000242. The Morgan fingerprint density at radius 2 is 2.14 bits per heavy atom. The number of hydrogen-bond acceptors (Lipinski definition) is 3. The largest absolute Gasteiger partial charge is 0.494 e. The van der Waals surface area contributed by atoms with Gasteiger partial charge in [0.25, 0.3) is 0 Å². The molecule has 1 fully saturated rings. The molecule has 2 rings (SSSR count). The lowest BCUT2D eigenvalue weighted by Gasteiger charge is -2.23. The maximum Gasteiger partial charge on any atom is 0.220 e. The molecule has 1 aromatic carbocycles. The van der Waals surface area contributed by atoms with Gasteiger partial charge in [0.1, 0.15) is 0 Å². The Morgan fingerprint density at radius 1 is 1.45 bits per heavy atom. The maximum atomic E-state index is 13.7. The van der Waals surface area contributed by atoms with E-state index in [1.54, 1.807) is 12.1 Å². The summed E-state index contributed by atoms with van der Waals surface area (Å²) in [6.45, 7) is 3.83. The van der Waals surface area contributed by atoms with E-state index in [2.05, 4.69) is 10.6 Å². The van der Waals surface area contributed by atoms with Crippen molar-refractivity contribution < 1.29 is 13.9 Å². The summed E-state index contributed by atoms with van der Waals surface area (Å²) >= 11 is 0. The fourth-order valence-corrected chi connectivity index (χ4v) is 2.68. The molecule has 1 heterocycles. The van der Waals surface area contributed by atoms with Crippen LogP contribution in [0, 0.1) is 11.7 Å². The van der Waals surface area contributed by atoms with Crippen LogP contribution >= 0.6 is 12.4 Å². The van der Waals surface area contributed by atoms with E-state index in [0.29, 0.717) is 12.3 Å². The lowest BCUT2D eigenvalue weighted by molar-refractivity contribution is -0.122. The summed E-state index contributed by atoms with van der Waals surface area (Å²) in [6.07, 6.45) is 2.63. The molecule has 6 heteroatoms. The number of benzene rings is 1. The number of halogens is 2. The summed E-state index contributed by atoms with van der Waals surface area (Å²) in [5, 5.41) is 6.23. The number of nitrogens with one attached hydrogen (secondary N) is 2. The number of carbonyl (C=O) groups excluding carboxylic acids is 1. The SMILES string of the molecule is COc1ccc(C(C)NC(=O)CC2CCNCC2)cc1F.Cl. The predicted molar refractivity (Wildman–Crippen MR) is 87.0 cm³/mol. The van der Waals surface area contributed by atoms with Crippen molar-refractivity contribution in [2.24, 2.45) is 5.92 Å². The van der Waals surface area contributed by atoms with Crippen molar-refractivity contribution in [1.29, 1.82) is 0 Å². The summed E-state index contributed by atoms with van der Waals surface area (Å²) in [7, 11) is 1.43. The zero-order chi connectivity index (χ0) is 15.2. The van der Waals surface area contributed by atoms with E-state index in [-0.39, 0.29) is 30.1 Å². The molecule has 1 aliphatic rings. The van der Waals surface area contributed by atoms with Gasteiger partial charge in [-0.3, -0.25) is 4.79 Å². The van der Waals surface area contributed by atoms with Gasteiger partial charge in [-0.25, -0.2) is 4.39 Å². The van der Waals surface area contributed by atoms with Gasteiger partial charge in [-0.05, 0) is 56.5 Å². The van der Waals surface area contributed by atoms with E-state index in [9.17, 15) is 9.18 Å². The van der Waals surface area contributed by atoms with Crippen LogP contribution in [0.1, 0.15) is 37.8 Å². The van der Waals surface area contributed by atoms with Gasteiger partial charge in [0.05, 0.1) is 13.2 Å². The molecular formula is C16H24ClFN2O2. The summed E-state index contributed by atoms with van der Waals surface area (Å²) in [6, 6.07) is 4.56. The van der Waals surface area contributed by atoms with Gasteiger partial charge in [0, 0.05) is 6.42 Å². The highest BCUT2D eigenvalue weighted by Crippen LogP contribution is 2.22. The highest BCUT2D eigenvalue weighted by Gasteiger charge is 2.18. The van der Waals surface area contributed by atoms with Crippen molar-refractivity contribution in [1.82, 2.24) is 10.6 Å². The van der Waals surface area contributed by atoms with Crippen molar-refractivity contribution in [2.45, 2.75) is 32.2 Å². The fraction of sp³-hybridized carbons (Fsp3) is 0.562. The standard InChI is InChI=1S/C16H23FN2O2.ClH/c1-11(13-3-4-15(21-2)14(17)10-13)19-16(20)9-12-5-7-18-8-6-12;/h3-4,10-12,18H,5-9H2,1-2H3,(H,19,20);1H. The third-order valence-electron chi connectivity index (χ3n) is 3.99. The highest BCUT2D eigenvalue weighted by atomic mass is 35.5. The van der Waals surface area contributed by atoms with E-state index in [0.717, 1.165) is 31.5 Å². The molecule has 0 radical (unpaired) electrons. The van der Waals surface area contributed by atoms with Crippen LogP contribution in [0.5, 0.6) is 5.75 Å². The maximum absolute atomic E-state index is 13.7. The molecule has 0 aromatic heterocycles. The van der Waals surface area contributed by atoms with Crippen molar-refractivity contribution in [3.05, 3.63) is 29.6 Å². The first-order valence-electron chi connectivity index (χ1n) is 7.43. The smallest absolute Gasteiger partial charge is 0.220 e. The van der Waals surface area contributed by atoms with Gasteiger partial charge in [-0.2, -0.15) is 0 Å². The molecule has 1 atom stereocenters. The van der Waals surface area contributed by atoms with E-state index < -0.39 is 5.82 Å². The van der Waals surface area contributed by atoms with Crippen LogP contribution in [-0.4, -0.2) is 26.1 Å². The minimum atomic E-state index is -0.408. The van der Waals surface area contributed by atoms with Gasteiger partial charge in [-0.1, -0.05) is 6.07 Å². The molecule has 2 N–H and O–H groups in total. The Morgan fingerprint density at radius 3 is 2.73 bits per heavy atom. The summed E-state index contributed by atoms with van der Waals surface area (Å²) < 4.78 is 18.6. The van der Waals surface area contributed by atoms with Crippen LogP contribution in [0.25, 0.3) is 0 Å². The first-order valence-corrected chi connectivity index (χ1v) is 7.43. The first kappa shape index (κ1) is 18.7. The van der Waals surface area contributed by atoms with Crippen LogP contribution < -0.4 is 15.4 Å². The number of rotatable bonds is 5. The monoisotopic (exact) mass is 330 g/mol. The molecule has 22 heavy (non-hydrogen) atoms. The topological polar surface area (TPSA) is 50.4 Å². The summed E-state index contributed by atoms with van der Waals surface area (Å²) in [5.41, 5.74) is 0.743. The highest BCUT2D eigenvalue weighted by molar-refractivity contribution is 5.85. The molecule has 1 amide bonds. The van der Waals surface area contributed by atoms with Crippen LogP contribution in [0.15, 0.2) is 18.2 Å². The van der Waals surface area contributed by atoms with Gasteiger partial charge in [0.2, 0.25) is 5.91 Å². The number of hydrogen-bond donors (Lipinski definition) is 2.